The quantitative estimate of drug-likeness (QED) is 0.760. The van der Waals surface area contributed by atoms with Crippen LogP contribution in [0.4, 0.5) is 0 Å². The van der Waals surface area contributed by atoms with E-state index in [0.717, 1.165) is 12.5 Å². The number of aryl methyl sites for hydroxylation is 1. The van der Waals surface area contributed by atoms with E-state index in [9.17, 15) is 0 Å². The van der Waals surface area contributed by atoms with Crippen molar-refractivity contribution in [1.29, 1.82) is 0 Å². The second kappa shape index (κ2) is 6.70. The third-order valence-electron chi connectivity index (χ3n) is 3.13. The zero-order chi connectivity index (χ0) is 12.0. The topological polar surface area (TPSA) is 12.0 Å². The Labute approximate surface area is 100 Å². The molecule has 0 aliphatic heterocycles. The molecule has 0 spiro atoms. The number of benzene rings is 1. The summed E-state index contributed by atoms with van der Waals surface area (Å²) >= 11 is 0. The average Bonchev–Trinajstić information content (AvgIpc) is 2.27. The largest absolute Gasteiger partial charge is 0.310 e. The second-order valence-electron chi connectivity index (χ2n) is 4.93. The Morgan fingerprint density at radius 3 is 2.31 bits per heavy atom. The molecular weight excluding hydrogens is 194 g/mol. The minimum atomic E-state index is 0.458. The normalized spacial score (nSPS) is 14.8. The molecule has 0 aliphatic carbocycles. The minimum absolute atomic E-state index is 0.458. The summed E-state index contributed by atoms with van der Waals surface area (Å²) in [5, 5.41) is 3.60. The van der Waals surface area contributed by atoms with Gasteiger partial charge >= 0.3 is 0 Å². The Bertz CT molecular complexity index is 289. The summed E-state index contributed by atoms with van der Waals surface area (Å²) in [5.74, 6) is 0.776. The summed E-state index contributed by atoms with van der Waals surface area (Å²) < 4.78 is 0. The van der Waals surface area contributed by atoms with Gasteiger partial charge in [-0.25, -0.2) is 0 Å². The zero-order valence-corrected chi connectivity index (χ0v) is 11.1. The molecule has 0 aliphatic rings. The van der Waals surface area contributed by atoms with Gasteiger partial charge < -0.3 is 5.32 Å². The smallest absolute Gasteiger partial charge is 0.0291 e. The van der Waals surface area contributed by atoms with Crippen molar-refractivity contribution in [2.45, 2.75) is 46.6 Å². The van der Waals surface area contributed by atoms with Gasteiger partial charge in [0.2, 0.25) is 0 Å². The lowest BCUT2D eigenvalue weighted by Crippen LogP contribution is -2.24. The molecule has 2 atom stereocenters. The Morgan fingerprint density at radius 1 is 1.12 bits per heavy atom. The van der Waals surface area contributed by atoms with Crippen LogP contribution in [0.25, 0.3) is 0 Å². The Kier molecular flexibility index (Phi) is 5.54. The number of rotatable bonds is 6. The predicted octanol–water partition coefficient (Wildman–Crippen LogP) is 4.08. The number of hydrogen-bond acceptors (Lipinski definition) is 1. The molecule has 0 saturated heterocycles. The summed E-state index contributed by atoms with van der Waals surface area (Å²) in [5.41, 5.74) is 2.71. The van der Waals surface area contributed by atoms with E-state index in [2.05, 4.69) is 57.3 Å². The molecule has 0 heterocycles. The van der Waals surface area contributed by atoms with Crippen LogP contribution in [0.3, 0.4) is 0 Å². The maximum Gasteiger partial charge on any atom is 0.0291 e. The van der Waals surface area contributed by atoms with Crippen LogP contribution in [-0.2, 0) is 0 Å². The number of nitrogens with one attached hydrogen (secondary N) is 1. The number of hydrogen-bond donors (Lipinski definition) is 1. The van der Waals surface area contributed by atoms with Crippen molar-refractivity contribution in [3.8, 4) is 0 Å². The second-order valence-corrected chi connectivity index (χ2v) is 4.93. The predicted molar refractivity (Wildman–Crippen MR) is 71.7 cm³/mol. The van der Waals surface area contributed by atoms with Crippen molar-refractivity contribution >= 4 is 0 Å². The lowest BCUT2D eigenvalue weighted by molar-refractivity contribution is 0.444. The van der Waals surface area contributed by atoms with Gasteiger partial charge in [0.15, 0.2) is 0 Å². The molecule has 1 heteroatoms. The van der Waals surface area contributed by atoms with Gasteiger partial charge in [0.1, 0.15) is 0 Å². The first-order valence-electron chi connectivity index (χ1n) is 6.43. The van der Waals surface area contributed by atoms with E-state index in [0.29, 0.717) is 6.04 Å². The molecule has 0 radical (unpaired) electrons. The van der Waals surface area contributed by atoms with Crippen molar-refractivity contribution in [2.75, 3.05) is 6.54 Å². The SMILES string of the molecule is CCCC(C)CN[C@H](C)c1ccc(C)cc1. The maximum absolute atomic E-state index is 3.60. The summed E-state index contributed by atoms with van der Waals surface area (Å²) in [6, 6.07) is 9.26. The third-order valence-corrected chi connectivity index (χ3v) is 3.13. The van der Waals surface area contributed by atoms with Gasteiger partial charge in [-0.05, 0) is 38.3 Å². The van der Waals surface area contributed by atoms with Gasteiger partial charge in [-0.15, -0.1) is 0 Å². The van der Waals surface area contributed by atoms with Crippen LogP contribution in [0.1, 0.15) is 50.8 Å². The highest BCUT2D eigenvalue weighted by Crippen LogP contribution is 2.14. The van der Waals surface area contributed by atoms with Crippen LogP contribution in [-0.4, -0.2) is 6.54 Å². The van der Waals surface area contributed by atoms with Crippen molar-refractivity contribution in [3.63, 3.8) is 0 Å². The fourth-order valence-electron chi connectivity index (χ4n) is 1.95. The van der Waals surface area contributed by atoms with Gasteiger partial charge in [-0.1, -0.05) is 50.1 Å². The fraction of sp³-hybridized carbons (Fsp3) is 0.600. The maximum atomic E-state index is 3.60. The van der Waals surface area contributed by atoms with Gasteiger partial charge in [-0.3, -0.25) is 0 Å². The van der Waals surface area contributed by atoms with Crippen molar-refractivity contribution in [2.24, 2.45) is 5.92 Å². The molecule has 1 rings (SSSR count). The first-order valence-corrected chi connectivity index (χ1v) is 6.43. The van der Waals surface area contributed by atoms with E-state index < -0.39 is 0 Å². The molecule has 0 fully saturated rings. The lowest BCUT2D eigenvalue weighted by Gasteiger charge is -2.17. The van der Waals surface area contributed by atoms with Crippen molar-refractivity contribution in [3.05, 3.63) is 35.4 Å². The Hall–Kier alpha value is -0.820. The molecule has 1 unspecified atom stereocenters. The molecular formula is C15H25N. The molecule has 16 heavy (non-hydrogen) atoms. The van der Waals surface area contributed by atoms with Gasteiger partial charge in [0.05, 0.1) is 0 Å². The standard InChI is InChI=1S/C15H25N/c1-5-6-13(3)11-16-14(4)15-9-7-12(2)8-10-15/h7-10,13-14,16H,5-6,11H2,1-4H3/t13?,14-/m1/s1. The molecule has 0 saturated carbocycles. The highest BCUT2D eigenvalue weighted by atomic mass is 14.9. The van der Waals surface area contributed by atoms with Gasteiger partial charge in [0, 0.05) is 6.04 Å². The highest BCUT2D eigenvalue weighted by molar-refractivity contribution is 5.23. The van der Waals surface area contributed by atoms with Crippen molar-refractivity contribution < 1.29 is 0 Å². The van der Waals surface area contributed by atoms with E-state index in [4.69, 9.17) is 0 Å². The van der Waals surface area contributed by atoms with Crippen LogP contribution in [0.5, 0.6) is 0 Å². The molecule has 1 nitrogen and oxygen atoms in total. The van der Waals surface area contributed by atoms with Crippen LogP contribution in [0, 0.1) is 12.8 Å². The van der Waals surface area contributed by atoms with E-state index in [1.165, 1.54) is 24.0 Å². The van der Waals surface area contributed by atoms with Gasteiger partial charge in [-0.2, -0.15) is 0 Å². The summed E-state index contributed by atoms with van der Waals surface area (Å²) in [4.78, 5) is 0. The van der Waals surface area contributed by atoms with E-state index in [1.54, 1.807) is 0 Å². The zero-order valence-electron chi connectivity index (χ0n) is 11.1. The van der Waals surface area contributed by atoms with E-state index in [1.807, 2.05) is 0 Å². The summed E-state index contributed by atoms with van der Waals surface area (Å²) in [7, 11) is 0. The molecule has 1 aromatic rings. The molecule has 1 N–H and O–H groups in total. The molecule has 1 aromatic carbocycles. The van der Waals surface area contributed by atoms with Crippen LogP contribution in [0.15, 0.2) is 24.3 Å². The summed E-state index contributed by atoms with van der Waals surface area (Å²) in [6.45, 7) is 10.1. The first-order chi connectivity index (χ1) is 7.63. The van der Waals surface area contributed by atoms with Crippen molar-refractivity contribution in [1.82, 2.24) is 5.32 Å². The monoisotopic (exact) mass is 219 g/mol. The Morgan fingerprint density at radius 2 is 1.75 bits per heavy atom. The molecule has 0 aromatic heterocycles. The average molecular weight is 219 g/mol. The highest BCUT2D eigenvalue weighted by Gasteiger charge is 2.06. The van der Waals surface area contributed by atoms with Gasteiger partial charge in [0.25, 0.3) is 0 Å². The molecule has 0 bridgehead atoms. The van der Waals surface area contributed by atoms with E-state index >= 15 is 0 Å². The summed E-state index contributed by atoms with van der Waals surface area (Å²) in [6.07, 6.45) is 2.59. The fourth-order valence-corrected chi connectivity index (χ4v) is 1.95. The third kappa shape index (κ3) is 4.36. The minimum Gasteiger partial charge on any atom is -0.310 e. The first kappa shape index (κ1) is 13.2. The Balaban J connectivity index is 2.40. The van der Waals surface area contributed by atoms with Crippen LogP contribution < -0.4 is 5.32 Å². The van der Waals surface area contributed by atoms with Crippen LogP contribution >= 0.6 is 0 Å². The molecule has 0 amide bonds. The lowest BCUT2D eigenvalue weighted by atomic mass is 10.0. The molecule has 90 valence electrons. The van der Waals surface area contributed by atoms with E-state index in [-0.39, 0.29) is 0 Å². The van der Waals surface area contributed by atoms with Crippen LogP contribution in [0.2, 0.25) is 0 Å².